The molecule has 0 fully saturated rings. The van der Waals surface area contributed by atoms with Gasteiger partial charge in [-0.15, -0.1) is 11.8 Å². The number of fused-ring (bicyclic) bond motifs is 1. The largest absolute Gasteiger partial charge is 0.469 e. The summed E-state index contributed by atoms with van der Waals surface area (Å²) in [5, 5.41) is 1.31. The summed E-state index contributed by atoms with van der Waals surface area (Å²) in [6.07, 6.45) is 0.414. The van der Waals surface area contributed by atoms with Crippen molar-refractivity contribution < 1.29 is 9.53 Å². The van der Waals surface area contributed by atoms with Crippen molar-refractivity contribution in [3.8, 4) is 0 Å². The van der Waals surface area contributed by atoms with Crippen LogP contribution in [0.1, 0.15) is 19.0 Å². The number of aryl methyl sites for hydroxylation is 1. The molecule has 3 nitrogen and oxygen atoms in total. The van der Waals surface area contributed by atoms with Gasteiger partial charge in [0.25, 0.3) is 0 Å². The summed E-state index contributed by atoms with van der Waals surface area (Å²) in [5.41, 5.74) is 1.99. The first-order chi connectivity index (χ1) is 9.10. The maximum Gasteiger partial charge on any atom is 0.306 e. The van der Waals surface area contributed by atoms with Gasteiger partial charge in [-0.25, -0.2) is 0 Å². The van der Waals surface area contributed by atoms with Crippen molar-refractivity contribution in [2.45, 2.75) is 30.4 Å². The Hall–Kier alpha value is -1.55. The molecule has 1 heterocycles. The van der Waals surface area contributed by atoms with E-state index >= 15 is 0 Å². The quantitative estimate of drug-likeness (QED) is 0.631. The SMILES string of the molecule is COC(=O)CC(C)Sc1cc(C)nc2ccccc12. The average molecular weight is 275 g/mol. The van der Waals surface area contributed by atoms with Crippen LogP contribution in [0, 0.1) is 6.92 Å². The maximum absolute atomic E-state index is 11.3. The molecule has 100 valence electrons. The maximum atomic E-state index is 11.3. The Bertz CT molecular complexity index is 598. The first-order valence-corrected chi connectivity index (χ1v) is 7.08. The number of rotatable bonds is 4. The minimum Gasteiger partial charge on any atom is -0.469 e. The fourth-order valence-corrected chi connectivity index (χ4v) is 3.13. The molecule has 0 radical (unpaired) electrons. The molecule has 4 heteroatoms. The summed E-state index contributed by atoms with van der Waals surface area (Å²) < 4.78 is 4.71. The number of ether oxygens (including phenoxy) is 1. The summed E-state index contributed by atoms with van der Waals surface area (Å²) in [7, 11) is 1.42. The van der Waals surface area contributed by atoms with Crippen molar-refractivity contribution in [2.75, 3.05) is 7.11 Å². The van der Waals surface area contributed by atoms with Crippen molar-refractivity contribution in [3.05, 3.63) is 36.0 Å². The van der Waals surface area contributed by atoms with Crippen LogP contribution in [0.2, 0.25) is 0 Å². The lowest BCUT2D eigenvalue weighted by atomic mass is 10.2. The smallest absolute Gasteiger partial charge is 0.306 e. The van der Waals surface area contributed by atoms with Crippen LogP contribution >= 0.6 is 11.8 Å². The minimum absolute atomic E-state index is 0.171. The molecular formula is C15H17NO2S. The number of thioether (sulfide) groups is 1. The van der Waals surface area contributed by atoms with E-state index in [1.807, 2.05) is 32.0 Å². The van der Waals surface area contributed by atoms with Crippen LogP contribution in [0.5, 0.6) is 0 Å². The third-order valence-corrected chi connectivity index (χ3v) is 3.98. The molecule has 19 heavy (non-hydrogen) atoms. The zero-order valence-corrected chi connectivity index (χ0v) is 12.2. The predicted octanol–water partition coefficient (Wildman–Crippen LogP) is 3.59. The molecule has 0 saturated carbocycles. The monoisotopic (exact) mass is 275 g/mol. The summed E-state index contributed by atoms with van der Waals surface area (Å²) >= 11 is 1.69. The number of esters is 1. The Morgan fingerprint density at radius 3 is 2.89 bits per heavy atom. The van der Waals surface area contributed by atoms with Gasteiger partial charge in [-0.3, -0.25) is 9.78 Å². The van der Waals surface area contributed by atoms with Crippen LogP contribution in [0.3, 0.4) is 0 Å². The first kappa shape index (κ1) is 13.9. The fraction of sp³-hybridized carbons (Fsp3) is 0.333. The Balaban J connectivity index is 2.27. The van der Waals surface area contributed by atoms with Crippen molar-refractivity contribution >= 4 is 28.6 Å². The van der Waals surface area contributed by atoms with Gasteiger partial charge in [-0.05, 0) is 19.1 Å². The molecule has 1 atom stereocenters. The second kappa shape index (κ2) is 6.06. The van der Waals surface area contributed by atoms with Crippen LogP contribution in [-0.2, 0) is 9.53 Å². The molecule has 0 N–H and O–H groups in total. The third kappa shape index (κ3) is 3.47. The molecule has 0 aliphatic rings. The van der Waals surface area contributed by atoms with E-state index in [-0.39, 0.29) is 11.2 Å². The van der Waals surface area contributed by atoms with E-state index < -0.39 is 0 Å². The van der Waals surface area contributed by atoms with E-state index in [2.05, 4.69) is 17.1 Å². The van der Waals surface area contributed by atoms with E-state index in [0.29, 0.717) is 6.42 Å². The zero-order valence-electron chi connectivity index (χ0n) is 11.3. The van der Waals surface area contributed by atoms with Gasteiger partial charge >= 0.3 is 5.97 Å². The predicted molar refractivity (Wildman–Crippen MR) is 78.4 cm³/mol. The van der Waals surface area contributed by atoms with Gasteiger partial charge in [0, 0.05) is 21.2 Å². The van der Waals surface area contributed by atoms with E-state index in [1.165, 1.54) is 12.0 Å². The lowest BCUT2D eigenvalue weighted by Gasteiger charge is -2.12. The van der Waals surface area contributed by atoms with Gasteiger partial charge in [-0.1, -0.05) is 25.1 Å². The Kier molecular flexibility index (Phi) is 4.43. The van der Waals surface area contributed by atoms with Crippen LogP contribution < -0.4 is 0 Å². The van der Waals surface area contributed by atoms with E-state index in [0.717, 1.165) is 16.6 Å². The number of nitrogens with zero attached hydrogens (tertiary/aromatic N) is 1. The molecule has 1 unspecified atom stereocenters. The molecule has 0 aliphatic heterocycles. The van der Waals surface area contributed by atoms with E-state index in [4.69, 9.17) is 4.74 Å². The number of para-hydroxylation sites is 1. The van der Waals surface area contributed by atoms with Crippen LogP contribution in [0.4, 0.5) is 0 Å². The number of benzene rings is 1. The van der Waals surface area contributed by atoms with Gasteiger partial charge in [0.05, 0.1) is 19.0 Å². The Morgan fingerprint density at radius 2 is 2.16 bits per heavy atom. The number of carbonyl (C=O) groups excluding carboxylic acids is 1. The normalized spacial score (nSPS) is 12.4. The van der Waals surface area contributed by atoms with E-state index in [9.17, 15) is 4.79 Å². The zero-order chi connectivity index (χ0) is 13.8. The number of hydrogen-bond donors (Lipinski definition) is 0. The van der Waals surface area contributed by atoms with Crippen LogP contribution in [0.15, 0.2) is 35.2 Å². The van der Waals surface area contributed by atoms with Gasteiger partial charge < -0.3 is 4.74 Å². The minimum atomic E-state index is -0.171. The highest BCUT2D eigenvalue weighted by Gasteiger charge is 2.13. The van der Waals surface area contributed by atoms with Crippen molar-refractivity contribution in [2.24, 2.45) is 0 Å². The highest BCUT2D eigenvalue weighted by molar-refractivity contribution is 8.00. The molecule has 2 aromatic rings. The highest BCUT2D eigenvalue weighted by Crippen LogP contribution is 2.31. The highest BCUT2D eigenvalue weighted by atomic mass is 32.2. The van der Waals surface area contributed by atoms with E-state index in [1.54, 1.807) is 11.8 Å². The Labute approximate surface area is 117 Å². The molecule has 0 saturated heterocycles. The van der Waals surface area contributed by atoms with Crippen LogP contribution in [0.25, 0.3) is 10.9 Å². The number of carbonyl (C=O) groups is 1. The average Bonchev–Trinajstić information content (AvgIpc) is 2.38. The van der Waals surface area contributed by atoms with Crippen molar-refractivity contribution in [3.63, 3.8) is 0 Å². The summed E-state index contributed by atoms with van der Waals surface area (Å²) in [6.45, 7) is 4.02. The second-order valence-corrected chi connectivity index (χ2v) is 5.97. The van der Waals surface area contributed by atoms with Gasteiger partial charge in [-0.2, -0.15) is 0 Å². The standard InChI is InChI=1S/C15H17NO2S/c1-10-8-14(19-11(2)9-15(17)18-3)12-6-4-5-7-13(12)16-10/h4-8,11H,9H2,1-3H3. The van der Waals surface area contributed by atoms with Crippen molar-refractivity contribution in [1.82, 2.24) is 4.98 Å². The molecule has 0 amide bonds. The molecular weight excluding hydrogens is 258 g/mol. The number of hydrogen-bond acceptors (Lipinski definition) is 4. The summed E-state index contributed by atoms with van der Waals surface area (Å²) in [4.78, 5) is 17.0. The molecule has 0 bridgehead atoms. The third-order valence-electron chi connectivity index (χ3n) is 2.82. The second-order valence-electron chi connectivity index (χ2n) is 4.49. The number of methoxy groups -OCH3 is 1. The van der Waals surface area contributed by atoms with Crippen molar-refractivity contribution in [1.29, 1.82) is 0 Å². The first-order valence-electron chi connectivity index (χ1n) is 6.20. The Morgan fingerprint density at radius 1 is 1.42 bits per heavy atom. The molecule has 1 aromatic heterocycles. The van der Waals surface area contributed by atoms with Gasteiger partial charge in [0.1, 0.15) is 0 Å². The molecule has 2 rings (SSSR count). The van der Waals surface area contributed by atoms with Gasteiger partial charge in [0.2, 0.25) is 0 Å². The number of aromatic nitrogens is 1. The lowest BCUT2D eigenvalue weighted by molar-refractivity contribution is -0.140. The van der Waals surface area contributed by atoms with Gasteiger partial charge in [0.15, 0.2) is 0 Å². The summed E-state index contributed by atoms with van der Waals surface area (Å²) in [5.74, 6) is -0.171. The fourth-order valence-electron chi connectivity index (χ4n) is 1.94. The summed E-state index contributed by atoms with van der Waals surface area (Å²) in [6, 6.07) is 10.1. The lowest BCUT2D eigenvalue weighted by Crippen LogP contribution is -2.08. The topological polar surface area (TPSA) is 39.2 Å². The van der Waals surface area contributed by atoms with Crippen LogP contribution in [-0.4, -0.2) is 23.3 Å². The molecule has 0 aliphatic carbocycles. The number of pyridine rings is 1. The molecule has 0 spiro atoms. The molecule has 1 aromatic carbocycles.